The van der Waals surface area contributed by atoms with E-state index in [1.807, 2.05) is 0 Å². The summed E-state index contributed by atoms with van der Waals surface area (Å²) in [5.41, 5.74) is 0. The number of urea groups is 1. The Morgan fingerprint density at radius 1 is 0.759 bits per heavy atom. The lowest BCUT2D eigenvalue weighted by Gasteiger charge is -2.23. The fourth-order valence-electron chi connectivity index (χ4n) is 1.12. The molecule has 29 heavy (non-hydrogen) atoms. The van der Waals surface area contributed by atoms with Gasteiger partial charge in [-0.3, -0.25) is 0 Å². The van der Waals surface area contributed by atoms with E-state index in [9.17, 15) is 9.59 Å². The number of aliphatic hydroxyl groups is 7. The molecule has 12 nitrogen and oxygen atoms in total. The fourth-order valence-corrected chi connectivity index (χ4v) is 1.45. The Morgan fingerprint density at radius 2 is 1.10 bits per heavy atom. The minimum atomic E-state index is -2.20. The summed E-state index contributed by atoms with van der Waals surface area (Å²) in [7, 11) is 0. The lowest BCUT2D eigenvalue weighted by Crippen LogP contribution is -2.53. The van der Waals surface area contributed by atoms with E-state index in [0.717, 1.165) is 0 Å². The third kappa shape index (κ3) is 13.3. The predicted molar refractivity (Wildman–Crippen MR) is 103 cm³/mol. The van der Waals surface area contributed by atoms with Crippen molar-refractivity contribution in [3.63, 3.8) is 0 Å². The Bertz CT molecular complexity index is 495. The van der Waals surface area contributed by atoms with Crippen LogP contribution < -0.4 is 10.6 Å². The van der Waals surface area contributed by atoms with Crippen LogP contribution in [0.2, 0.25) is 0 Å². The SMILES string of the molecule is O=C(NC(O)C(Cl)(Cl)Cl)NC(O)C(Cl)(Cl)Cl.O=C(O)[C@H](O)[C@@H](O)[C@H](O)[C@H](O)CO. The molecule has 2 amide bonds. The highest BCUT2D eigenvalue weighted by molar-refractivity contribution is 6.68. The van der Waals surface area contributed by atoms with E-state index in [0.29, 0.717) is 0 Å². The number of hydrogen-bond acceptors (Lipinski definition) is 9. The summed E-state index contributed by atoms with van der Waals surface area (Å²) in [6, 6.07) is -1.09. The third-order valence-electron chi connectivity index (χ3n) is 2.66. The summed E-state index contributed by atoms with van der Waals surface area (Å²) >= 11 is 31.5. The standard InChI is InChI=1S/C6H12O7.C5H6Cl6N2O3/c7-1-2(8)3(9)4(10)5(11)6(12)13;6-4(7,8)1(14)12-3(16)13-2(15)5(9,10)11/h2-5,7-11H,1H2,(H,12,13);1-2,14-15H,(H2,12,13,16)/t2-,3-,4+,5-;/m1./s1. The topological polar surface area (TPSA) is 220 Å². The van der Waals surface area contributed by atoms with Crippen LogP contribution in [0.1, 0.15) is 0 Å². The first kappa shape index (κ1) is 31.4. The number of rotatable bonds is 7. The monoisotopic (exact) mass is 548 g/mol. The van der Waals surface area contributed by atoms with Crippen molar-refractivity contribution < 1.29 is 50.4 Å². The minimum Gasteiger partial charge on any atom is -0.479 e. The first-order chi connectivity index (χ1) is 12.9. The van der Waals surface area contributed by atoms with Crippen LogP contribution >= 0.6 is 69.6 Å². The van der Waals surface area contributed by atoms with Gasteiger partial charge in [0.1, 0.15) is 18.3 Å². The molecule has 0 fully saturated rings. The molecule has 174 valence electrons. The van der Waals surface area contributed by atoms with Gasteiger partial charge >= 0.3 is 12.0 Å². The smallest absolute Gasteiger partial charge is 0.335 e. The van der Waals surface area contributed by atoms with Crippen molar-refractivity contribution in [1.82, 2.24) is 10.6 Å². The molecular formula is C11H18Cl6N2O10. The number of carboxylic acid groups (broad SMARTS) is 1. The van der Waals surface area contributed by atoms with Gasteiger partial charge in [-0.25, -0.2) is 9.59 Å². The van der Waals surface area contributed by atoms with Crippen LogP contribution in [0.3, 0.4) is 0 Å². The second-order valence-electron chi connectivity index (χ2n) is 5.02. The van der Waals surface area contributed by atoms with Crippen LogP contribution in [0.15, 0.2) is 0 Å². The highest BCUT2D eigenvalue weighted by Gasteiger charge is 2.36. The van der Waals surface area contributed by atoms with E-state index < -0.39 is 63.1 Å². The summed E-state index contributed by atoms with van der Waals surface area (Å²) < 4.78 is -4.25. The molecule has 0 radical (unpaired) electrons. The van der Waals surface area contributed by atoms with E-state index in [-0.39, 0.29) is 0 Å². The fraction of sp³-hybridized carbons (Fsp3) is 0.818. The number of aliphatic hydroxyl groups excluding tert-OH is 7. The Hall–Kier alpha value is 0.200. The van der Waals surface area contributed by atoms with Gasteiger partial charge in [0.05, 0.1) is 6.61 Å². The molecule has 0 saturated carbocycles. The molecule has 0 aliphatic heterocycles. The Morgan fingerprint density at radius 3 is 1.34 bits per heavy atom. The summed E-state index contributed by atoms with van der Waals surface area (Å²) in [5.74, 6) is -1.73. The zero-order valence-electron chi connectivity index (χ0n) is 13.8. The molecule has 0 aromatic rings. The van der Waals surface area contributed by atoms with Gasteiger partial charge in [0, 0.05) is 0 Å². The first-order valence-electron chi connectivity index (χ1n) is 6.98. The zero-order chi connectivity index (χ0) is 23.7. The van der Waals surface area contributed by atoms with Gasteiger partial charge in [0.15, 0.2) is 18.6 Å². The largest absolute Gasteiger partial charge is 0.479 e. The molecule has 0 aliphatic carbocycles. The zero-order valence-corrected chi connectivity index (χ0v) is 18.4. The van der Waals surface area contributed by atoms with Crippen LogP contribution in [0.25, 0.3) is 0 Å². The van der Waals surface area contributed by atoms with Crippen LogP contribution in [0, 0.1) is 0 Å². The number of hydrogen-bond donors (Lipinski definition) is 10. The van der Waals surface area contributed by atoms with Crippen LogP contribution in [-0.2, 0) is 4.79 Å². The first-order valence-corrected chi connectivity index (χ1v) is 9.25. The van der Waals surface area contributed by atoms with Crippen molar-refractivity contribution in [2.45, 2.75) is 44.5 Å². The molecule has 0 aliphatic rings. The number of amides is 2. The predicted octanol–water partition coefficient (Wildman–Crippen LogP) is -1.83. The number of aliphatic carboxylic acids is 1. The molecule has 0 aromatic carbocycles. The minimum absolute atomic E-state index is 0.843. The van der Waals surface area contributed by atoms with E-state index in [1.165, 1.54) is 0 Å². The molecular weight excluding hydrogens is 533 g/mol. The van der Waals surface area contributed by atoms with E-state index in [1.54, 1.807) is 10.6 Å². The molecule has 2 unspecified atom stereocenters. The average Bonchev–Trinajstić information content (AvgIpc) is 2.57. The summed E-state index contributed by atoms with van der Waals surface area (Å²) in [4.78, 5) is 21.2. The second-order valence-corrected chi connectivity index (χ2v) is 9.76. The van der Waals surface area contributed by atoms with Crippen LogP contribution in [0.4, 0.5) is 4.79 Å². The third-order valence-corrected chi connectivity index (χ3v) is 3.90. The van der Waals surface area contributed by atoms with E-state index >= 15 is 0 Å². The number of carboxylic acids is 1. The molecule has 0 saturated heterocycles. The second kappa shape index (κ2) is 13.6. The Balaban J connectivity index is 0. The molecule has 18 heteroatoms. The number of nitrogens with one attached hydrogen (secondary N) is 2. The average molecular weight is 551 g/mol. The lowest BCUT2D eigenvalue weighted by atomic mass is 10.0. The number of carbonyl (C=O) groups is 2. The summed E-state index contributed by atoms with van der Waals surface area (Å²) in [6.45, 7) is -0.843. The van der Waals surface area contributed by atoms with Gasteiger partial charge in [0.25, 0.3) is 0 Å². The van der Waals surface area contributed by atoms with E-state index in [4.69, 9.17) is 110 Å². The van der Waals surface area contributed by atoms with Crippen LogP contribution in [0.5, 0.6) is 0 Å². The Labute approximate surface area is 193 Å². The molecule has 0 spiro atoms. The summed E-state index contributed by atoms with van der Waals surface area (Å²) in [5, 5.41) is 73.7. The highest BCUT2D eigenvalue weighted by atomic mass is 35.6. The number of alkyl halides is 6. The molecule has 0 bridgehead atoms. The van der Waals surface area contributed by atoms with Crippen molar-refractivity contribution in [2.75, 3.05) is 6.61 Å². The maximum atomic E-state index is 11.1. The molecule has 0 heterocycles. The van der Waals surface area contributed by atoms with Gasteiger partial charge in [0.2, 0.25) is 7.59 Å². The number of halogens is 6. The maximum absolute atomic E-state index is 11.1. The van der Waals surface area contributed by atoms with Gasteiger partial charge in [-0.15, -0.1) is 0 Å². The lowest BCUT2D eigenvalue weighted by molar-refractivity contribution is -0.164. The van der Waals surface area contributed by atoms with Crippen molar-refractivity contribution in [1.29, 1.82) is 0 Å². The number of carbonyl (C=O) groups excluding carboxylic acids is 1. The van der Waals surface area contributed by atoms with Crippen molar-refractivity contribution in [3.8, 4) is 0 Å². The van der Waals surface area contributed by atoms with Gasteiger partial charge in [-0.2, -0.15) is 0 Å². The molecule has 10 N–H and O–H groups in total. The quantitative estimate of drug-likeness (QED) is 0.126. The maximum Gasteiger partial charge on any atom is 0.335 e. The van der Waals surface area contributed by atoms with E-state index in [2.05, 4.69) is 0 Å². The van der Waals surface area contributed by atoms with Crippen molar-refractivity contribution >= 4 is 81.6 Å². The van der Waals surface area contributed by atoms with Gasteiger partial charge < -0.3 is 51.5 Å². The molecule has 0 aromatic heterocycles. The van der Waals surface area contributed by atoms with Crippen LogP contribution in [-0.4, -0.2) is 104 Å². The van der Waals surface area contributed by atoms with Crippen molar-refractivity contribution in [3.05, 3.63) is 0 Å². The normalized spacial score (nSPS) is 18.2. The molecule has 0 rings (SSSR count). The summed E-state index contributed by atoms with van der Waals surface area (Å²) in [6.07, 6.45) is -11.4. The van der Waals surface area contributed by atoms with Crippen molar-refractivity contribution in [2.24, 2.45) is 0 Å². The Kier molecular flexibility index (Phi) is 14.7. The van der Waals surface area contributed by atoms with Gasteiger partial charge in [-0.05, 0) is 0 Å². The highest BCUT2D eigenvalue weighted by Crippen LogP contribution is 2.30. The van der Waals surface area contributed by atoms with Gasteiger partial charge in [-0.1, -0.05) is 69.6 Å². The molecule has 6 atom stereocenters.